The van der Waals surface area contributed by atoms with Gasteiger partial charge in [-0.25, -0.2) is 0 Å². The van der Waals surface area contributed by atoms with E-state index in [4.69, 9.17) is 6.54 Å². The molecule has 3 N–H and O–H groups in total. The minimum Gasteiger partial charge on any atom is -0.480 e. The summed E-state index contributed by atoms with van der Waals surface area (Å²) in [6.45, 7) is 0.459. The van der Waals surface area contributed by atoms with E-state index in [1.54, 1.807) is 0 Å². The van der Waals surface area contributed by atoms with Crippen LogP contribution in [-0.2, 0) is 4.79 Å². The summed E-state index contributed by atoms with van der Waals surface area (Å²) in [5, 5.41) is 15.4. The maximum atomic E-state index is 10.3. The Hall–Kier alpha value is -0.610. The third-order valence-corrected chi connectivity index (χ3v) is 1.39. The van der Waals surface area contributed by atoms with Crippen molar-refractivity contribution < 1.29 is 15.0 Å². The van der Waals surface area contributed by atoms with Crippen molar-refractivity contribution in [3.63, 3.8) is 0 Å². The zero-order chi connectivity index (χ0) is 7.56. The van der Waals surface area contributed by atoms with Gasteiger partial charge in [-0.05, 0) is 0 Å². The van der Waals surface area contributed by atoms with Crippen LogP contribution in [-0.4, -0.2) is 36.3 Å². The molecule has 4 nitrogen and oxygen atoms in total. The van der Waals surface area contributed by atoms with Gasteiger partial charge in [0.1, 0.15) is 6.04 Å². The number of aliphatic hydroxyl groups excluding tert-OH is 1. The monoisotopic (exact) mass is 132 g/mol. The third-order valence-electron chi connectivity index (χ3n) is 1.39. The molecule has 0 radical (unpaired) electrons. The number of hydrogen-bond donors (Lipinski definition) is 3. The van der Waals surface area contributed by atoms with Crippen LogP contribution in [0, 0.1) is 0 Å². The molecule has 0 amide bonds. The summed E-state index contributed by atoms with van der Waals surface area (Å²) in [6.07, 6.45) is 0.125. The molecule has 0 aromatic carbocycles. The molecular weight excluding hydrogens is 122 g/mol. The van der Waals surface area contributed by atoms with E-state index < -0.39 is 12.0 Å². The molecule has 0 aliphatic carbocycles. The minimum absolute atomic E-state index is 0.263. The van der Waals surface area contributed by atoms with Crippen LogP contribution in [0.4, 0.5) is 0 Å². The first-order valence-electron chi connectivity index (χ1n) is 3.23. The van der Waals surface area contributed by atoms with Gasteiger partial charge in [0, 0.05) is 13.0 Å². The molecule has 1 rings (SSSR count). The Kier molecular flexibility index (Phi) is 1.34. The Bertz CT molecular complexity index is 141. The lowest BCUT2D eigenvalue weighted by Crippen LogP contribution is -2.29. The molecule has 1 fully saturated rings. The molecule has 2 atom stereocenters. The molecule has 9 heavy (non-hydrogen) atoms. The van der Waals surface area contributed by atoms with Crippen molar-refractivity contribution in [2.75, 3.05) is 6.54 Å². The Labute approximate surface area is 54.0 Å². The van der Waals surface area contributed by atoms with Crippen molar-refractivity contribution in [2.24, 2.45) is 0 Å². The predicted octanol–water partition coefficient (Wildman–Crippen LogP) is -1.21. The van der Waals surface area contributed by atoms with Crippen molar-refractivity contribution in [3.8, 4) is 0 Å². The summed E-state index contributed by atoms with van der Waals surface area (Å²) in [5.41, 5.74) is 0. The largest absolute Gasteiger partial charge is 0.480 e. The quantitative estimate of drug-likeness (QED) is 0.441. The summed E-state index contributed by atoms with van der Waals surface area (Å²) in [6, 6.07) is -0.532. The second-order valence-corrected chi connectivity index (χ2v) is 2.16. The van der Waals surface area contributed by atoms with Crippen LogP contribution in [0.25, 0.3) is 0 Å². The fraction of sp³-hybridized carbons (Fsp3) is 0.800. The van der Waals surface area contributed by atoms with Crippen LogP contribution < -0.4 is 5.32 Å². The lowest BCUT2D eigenvalue weighted by Gasteiger charge is -1.99. The van der Waals surface area contributed by atoms with E-state index >= 15 is 0 Å². The van der Waals surface area contributed by atoms with E-state index in [0.29, 0.717) is 13.0 Å². The lowest BCUT2D eigenvalue weighted by atomic mass is 10.2. The Balaban J connectivity index is 2.35. The van der Waals surface area contributed by atoms with E-state index in [0.717, 1.165) is 0 Å². The van der Waals surface area contributed by atoms with Gasteiger partial charge in [-0.2, -0.15) is 0 Å². The minimum atomic E-state index is -0.875. The third kappa shape index (κ3) is 1.40. The molecule has 1 saturated heterocycles. The van der Waals surface area contributed by atoms with E-state index in [9.17, 15) is 4.79 Å². The summed E-state index contributed by atoms with van der Waals surface area (Å²) < 4.78 is 6.50. The number of aliphatic carboxylic acids is 1. The number of carbonyl (C=O) groups is 1. The first-order valence-corrected chi connectivity index (χ1v) is 2.82. The molecule has 1 aliphatic heterocycles. The van der Waals surface area contributed by atoms with Crippen molar-refractivity contribution in [1.29, 1.82) is 1.43 Å². The molecule has 1 aliphatic rings. The highest BCUT2D eigenvalue weighted by molar-refractivity contribution is 5.73. The molecule has 0 bridgehead atoms. The van der Waals surface area contributed by atoms with E-state index in [1.807, 2.05) is 0 Å². The van der Waals surface area contributed by atoms with Gasteiger partial charge in [-0.1, -0.05) is 0 Å². The van der Waals surface area contributed by atoms with Gasteiger partial charge in [-0.15, -0.1) is 0 Å². The van der Waals surface area contributed by atoms with Crippen molar-refractivity contribution >= 4 is 5.97 Å². The van der Waals surface area contributed by atoms with Crippen LogP contribution in [0.3, 0.4) is 0 Å². The molecule has 0 aromatic rings. The van der Waals surface area contributed by atoms with Crippen LogP contribution in [0.15, 0.2) is 0 Å². The highest BCUT2D eigenvalue weighted by atomic mass is 16.4. The number of nitrogens with one attached hydrogen (secondary N) is 1. The second kappa shape index (κ2) is 2.33. The van der Waals surface area contributed by atoms with Crippen LogP contribution in [0.5, 0.6) is 0 Å². The Morgan fingerprint density at radius 3 is 3.00 bits per heavy atom. The summed E-state index contributed by atoms with van der Waals surface area (Å²) in [7, 11) is 0. The first-order chi connectivity index (χ1) is 4.74. The number of carboxylic acid groups (broad SMARTS) is 1. The van der Waals surface area contributed by atoms with Gasteiger partial charge < -0.3 is 15.5 Å². The number of β-amino-alcohol motifs (C(OH)–C–C–N with tert-alkyl or cyclic N) is 1. The SMILES string of the molecule is [2H]O[C@H]1CN[C@@H](C(=O)O)C1. The normalized spacial score (nSPS) is 36.2. The second-order valence-electron chi connectivity index (χ2n) is 2.16. The Morgan fingerprint density at radius 2 is 2.67 bits per heavy atom. The van der Waals surface area contributed by atoms with Crippen molar-refractivity contribution in [2.45, 2.75) is 18.6 Å². The van der Waals surface area contributed by atoms with E-state index in [2.05, 4.69) is 10.4 Å². The smallest absolute Gasteiger partial charge is 0.320 e. The average Bonchev–Trinajstić information content (AvgIpc) is 2.34. The van der Waals surface area contributed by atoms with Gasteiger partial charge in [0.15, 0.2) is 0 Å². The summed E-state index contributed by atoms with van der Waals surface area (Å²) in [4.78, 5) is 10.3. The zero-order valence-electron chi connectivity index (χ0n) is 5.83. The molecule has 0 spiro atoms. The molecular formula is C5H9NO3. The predicted molar refractivity (Wildman–Crippen MR) is 30.1 cm³/mol. The van der Waals surface area contributed by atoms with E-state index in [-0.39, 0.29) is 6.10 Å². The molecule has 0 aromatic heterocycles. The maximum Gasteiger partial charge on any atom is 0.320 e. The van der Waals surface area contributed by atoms with Crippen molar-refractivity contribution in [3.05, 3.63) is 0 Å². The van der Waals surface area contributed by atoms with Crippen LogP contribution >= 0.6 is 0 Å². The van der Waals surface area contributed by atoms with Crippen molar-refractivity contribution in [1.82, 2.24) is 5.32 Å². The molecule has 0 unspecified atom stereocenters. The van der Waals surface area contributed by atoms with Crippen LogP contribution in [0.1, 0.15) is 6.42 Å². The summed E-state index contributed by atoms with van der Waals surface area (Å²) in [5.74, 6) is -0.875. The van der Waals surface area contributed by atoms with Gasteiger partial charge in [0.25, 0.3) is 0 Å². The van der Waals surface area contributed by atoms with Gasteiger partial charge in [0.05, 0.1) is 6.10 Å². The topological polar surface area (TPSA) is 69.6 Å². The lowest BCUT2D eigenvalue weighted by molar-refractivity contribution is -0.139. The number of carboxylic acids is 1. The number of hydrogen-bond acceptors (Lipinski definition) is 3. The fourth-order valence-electron chi connectivity index (χ4n) is 0.891. The maximum absolute atomic E-state index is 10.3. The number of rotatable bonds is 2. The van der Waals surface area contributed by atoms with Gasteiger partial charge >= 0.3 is 5.97 Å². The molecule has 0 saturated carbocycles. The standard InChI is InChI=1S/C5H9NO3/c7-3-1-4(5(8)9)6-2-3/h3-4,6-7H,1-2H2,(H,8,9)/t3-,4-/m1/s1/i7D. The Morgan fingerprint density at radius 1 is 1.89 bits per heavy atom. The fourth-order valence-corrected chi connectivity index (χ4v) is 0.891. The number of aliphatic hydroxyl groups is 1. The van der Waals surface area contributed by atoms with Gasteiger partial charge in [-0.3, -0.25) is 4.79 Å². The summed E-state index contributed by atoms with van der Waals surface area (Å²) >= 11 is 0. The van der Waals surface area contributed by atoms with Crippen LogP contribution in [0.2, 0.25) is 0 Å². The average molecular weight is 132 g/mol. The highest BCUT2D eigenvalue weighted by Crippen LogP contribution is 2.05. The molecule has 4 heteroatoms. The van der Waals surface area contributed by atoms with E-state index in [1.165, 1.54) is 0 Å². The molecule has 1 heterocycles. The molecule has 52 valence electrons. The first kappa shape index (κ1) is 5.20. The highest BCUT2D eigenvalue weighted by Gasteiger charge is 2.27. The zero-order valence-corrected chi connectivity index (χ0v) is 4.83. The van der Waals surface area contributed by atoms with Gasteiger partial charge in [0.2, 0.25) is 1.43 Å².